The molecule has 8 heteroatoms. The summed E-state index contributed by atoms with van der Waals surface area (Å²) in [5, 5.41) is -0.709. The Morgan fingerprint density at radius 3 is 2.35 bits per heavy atom. The van der Waals surface area contributed by atoms with Crippen LogP contribution in [0.4, 0.5) is 4.79 Å². The second-order valence-corrected chi connectivity index (χ2v) is 6.66. The molecule has 0 unspecified atom stereocenters. The second-order valence-electron chi connectivity index (χ2n) is 5.07. The first-order valence-corrected chi connectivity index (χ1v) is 7.55. The SMILES string of the molecule is CC(=O)OCOC(=O)SC(C)(C)[C@@H](N)C(=O)Oc1ccccc1. The number of thioether (sulfide) groups is 1. The number of para-hydroxylation sites is 1. The number of carbonyl (C=O) groups excluding carboxylic acids is 3. The van der Waals surface area contributed by atoms with Crippen LogP contribution in [0.2, 0.25) is 0 Å². The third kappa shape index (κ3) is 6.70. The largest absolute Gasteiger partial charge is 0.428 e. The molecule has 1 aromatic rings. The van der Waals surface area contributed by atoms with E-state index in [4.69, 9.17) is 15.2 Å². The highest BCUT2D eigenvalue weighted by atomic mass is 32.2. The molecule has 0 saturated heterocycles. The number of nitrogens with two attached hydrogens (primary N) is 1. The Morgan fingerprint density at radius 1 is 1.17 bits per heavy atom. The molecule has 0 bridgehead atoms. The van der Waals surface area contributed by atoms with E-state index in [-0.39, 0.29) is 0 Å². The van der Waals surface area contributed by atoms with E-state index in [1.165, 1.54) is 6.92 Å². The molecule has 2 N–H and O–H groups in total. The Morgan fingerprint density at radius 2 is 1.78 bits per heavy atom. The van der Waals surface area contributed by atoms with Crippen LogP contribution in [0.25, 0.3) is 0 Å². The van der Waals surface area contributed by atoms with Crippen molar-refractivity contribution in [2.45, 2.75) is 31.6 Å². The fourth-order valence-corrected chi connectivity index (χ4v) is 2.18. The second kappa shape index (κ2) is 8.54. The molecule has 0 aliphatic heterocycles. The molecule has 0 aliphatic carbocycles. The monoisotopic (exact) mass is 341 g/mol. The summed E-state index contributed by atoms with van der Waals surface area (Å²) in [6, 6.07) is 7.42. The number of carbonyl (C=O) groups is 3. The topological polar surface area (TPSA) is 105 Å². The van der Waals surface area contributed by atoms with Crippen LogP contribution in [0.5, 0.6) is 5.75 Å². The number of esters is 2. The van der Waals surface area contributed by atoms with Crippen molar-refractivity contribution < 1.29 is 28.6 Å². The molecule has 126 valence electrons. The molecular formula is C15H19NO6S. The van der Waals surface area contributed by atoms with Gasteiger partial charge in [-0.05, 0) is 37.7 Å². The molecule has 1 rings (SSSR count). The molecule has 1 aromatic carbocycles. The van der Waals surface area contributed by atoms with Crippen molar-refractivity contribution in [3.05, 3.63) is 30.3 Å². The molecular weight excluding hydrogens is 322 g/mol. The van der Waals surface area contributed by atoms with Gasteiger partial charge in [0.2, 0.25) is 6.79 Å². The lowest BCUT2D eigenvalue weighted by Gasteiger charge is -2.27. The van der Waals surface area contributed by atoms with Gasteiger partial charge in [-0.3, -0.25) is 4.79 Å². The minimum Gasteiger partial charge on any atom is -0.428 e. The van der Waals surface area contributed by atoms with E-state index in [0.29, 0.717) is 5.75 Å². The van der Waals surface area contributed by atoms with Crippen LogP contribution < -0.4 is 10.5 Å². The predicted octanol–water partition coefficient (Wildman–Crippen LogP) is 2.09. The zero-order chi connectivity index (χ0) is 17.5. The van der Waals surface area contributed by atoms with Gasteiger partial charge < -0.3 is 19.9 Å². The Balaban J connectivity index is 2.54. The summed E-state index contributed by atoms with van der Waals surface area (Å²) in [5.41, 5.74) is 5.88. The summed E-state index contributed by atoms with van der Waals surface area (Å²) in [4.78, 5) is 34.3. The fraction of sp³-hybridized carbons (Fsp3) is 0.400. The Labute approximate surface area is 138 Å². The van der Waals surface area contributed by atoms with Crippen molar-refractivity contribution in [2.75, 3.05) is 6.79 Å². The van der Waals surface area contributed by atoms with Gasteiger partial charge >= 0.3 is 17.2 Å². The van der Waals surface area contributed by atoms with Crippen molar-refractivity contribution in [1.82, 2.24) is 0 Å². The van der Waals surface area contributed by atoms with Gasteiger partial charge in [-0.1, -0.05) is 18.2 Å². The lowest BCUT2D eigenvalue weighted by atomic mass is 10.0. The van der Waals surface area contributed by atoms with Crippen LogP contribution in [0.3, 0.4) is 0 Å². The molecule has 0 spiro atoms. The van der Waals surface area contributed by atoms with Gasteiger partial charge in [0.1, 0.15) is 11.8 Å². The van der Waals surface area contributed by atoms with Crippen LogP contribution in [-0.4, -0.2) is 34.8 Å². The standard InChI is InChI=1S/C15H19NO6S/c1-10(17)20-9-21-14(19)23-15(2,3)12(16)13(18)22-11-7-5-4-6-8-11/h4-8,12H,9,16H2,1-3H3/t12-/m0/s1. The van der Waals surface area contributed by atoms with E-state index in [0.717, 1.165) is 11.8 Å². The minimum absolute atomic E-state index is 0.367. The summed E-state index contributed by atoms with van der Waals surface area (Å²) < 4.78 is 13.4. The number of hydrogen-bond donors (Lipinski definition) is 1. The molecule has 7 nitrogen and oxygen atoms in total. The number of hydrogen-bond acceptors (Lipinski definition) is 8. The zero-order valence-corrected chi connectivity index (χ0v) is 13.9. The molecule has 0 radical (unpaired) electrons. The maximum atomic E-state index is 12.1. The summed E-state index contributed by atoms with van der Waals surface area (Å²) in [6.45, 7) is 3.94. The zero-order valence-electron chi connectivity index (χ0n) is 13.1. The highest BCUT2D eigenvalue weighted by Gasteiger charge is 2.37. The van der Waals surface area contributed by atoms with Crippen LogP contribution in [0, 0.1) is 0 Å². The Bertz CT molecular complexity index is 560. The quantitative estimate of drug-likeness (QED) is 0.476. The fourth-order valence-electron chi connectivity index (χ4n) is 1.42. The Kier molecular flexibility index (Phi) is 7.05. The molecule has 0 aromatic heterocycles. The van der Waals surface area contributed by atoms with E-state index in [9.17, 15) is 14.4 Å². The third-order valence-electron chi connectivity index (χ3n) is 2.75. The average Bonchev–Trinajstić information content (AvgIpc) is 2.46. The summed E-state index contributed by atoms with van der Waals surface area (Å²) in [7, 11) is 0. The van der Waals surface area contributed by atoms with E-state index in [1.54, 1.807) is 44.2 Å². The molecule has 0 saturated carbocycles. The van der Waals surface area contributed by atoms with Gasteiger partial charge in [0, 0.05) is 11.7 Å². The lowest BCUT2D eigenvalue weighted by molar-refractivity contribution is -0.148. The number of ether oxygens (including phenoxy) is 3. The summed E-state index contributed by atoms with van der Waals surface area (Å²) in [5.74, 6) is -0.863. The highest BCUT2D eigenvalue weighted by molar-refractivity contribution is 8.14. The van der Waals surface area contributed by atoms with Gasteiger partial charge in [-0.2, -0.15) is 0 Å². The number of benzene rings is 1. The van der Waals surface area contributed by atoms with Crippen molar-refractivity contribution >= 4 is 29.0 Å². The highest BCUT2D eigenvalue weighted by Crippen LogP contribution is 2.29. The summed E-state index contributed by atoms with van der Waals surface area (Å²) in [6.07, 6.45) is 0. The molecule has 0 heterocycles. The number of rotatable bonds is 6. The average molecular weight is 341 g/mol. The van der Waals surface area contributed by atoms with Gasteiger partial charge in [0.15, 0.2) is 0 Å². The Hall–Kier alpha value is -2.06. The van der Waals surface area contributed by atoms with Crippen LogP contribution in [0.1, 0.15) is 20.8 Å². The van der Waals surface area contributed by atoms with E-state index in [2.05, 4.69) is 4.74 Å². The van der Waals surface area contributed by atoms with Gasteiger partial charge in [-0.25, -0.2) is 9.59 Å². The maximum Gasteiger partial charge on any atom is 0.370 e. The van der Waals surface area contributed by atoms with E-state index in [1.807, 2.05) is 0 Å². The molecule has 1 atom stereocenters. The molecule has 0 amide bonds. The van der Waals surface area contributed by atoms with Gasteiger partial charge in [-0.15, -0.1) is 0 Å². The minimum atomic E-state index is -1.06. The lowest BCUT2D eigenvalue weighted by Crippen LogP contribution is -2.49. The van der Waals surface area contributed by atoms with Crippen molar-refractivity contribution in [3.8, 4) is 5.75 Å². The van der Waals surface area contributed by atoms with Crippen molar-refractivity contribution in [3.63, 3.8) is 0 Å². The van der Waals surface area contributed by atoms with Crippen molar-refractivity contribution in [1.29, 1.82) is 0 Å². The first kappa shape index (κ1) is 19.0. The third-order valence-corrected chi connectivity index (χ3v) is 3.81. The van der Waals surface area contributed by atoms with Crippen LogP contribution >= 0.6 is 11.8 Å². The van der Waals surface area contributed by atoms with Gasteiger partial charge in [0.05, 0.1) is 0 Å². The van der Waals surface area contributed by atoms with E-state index >= 15 is 0 Å². The molecule has 23 heavy (non-hydrogen) atoms. The predicted molar refractivity (Wildman–Crippen MR) is 84.8 cm³/mol. The van der Waals surface area contributed by atoms with Gasteiger partial charge in [0.25, 0.3) is 0 Å². The van der Waals surface area contributed by atoms with Crippen LogP contribution in [0.15, 0.2) is 30.3 Å². The first-order valence-electron chi connectivity index (χ1n) is 6.74. The van der Waals surface area contributed by atoms with Crippen molar-refractivity contribution in [2.24, 2.45) is 5.73 Å². The maximum absolute atomic E-state index is 12.1. The van der Waals surface area contributed by atoms with Crippen LogP contribution in [-0.2, 0) is 19.1 Å². The van der Waals surface area contributed by atoms with E-state index < -0.39 is 34.8 Å². The molecule has 0 fully saturated rings. The smallest absolute Gasteiger partial charge is 0.370 e. The summed E-state index contributed by atoms with van der Waals surface area (Å²) >= 11 is 0.722. The first-order chi connectivity index (χ1) is 10.7. The molecule has 0 aliphatic rings. The normalized spacial score (nSPS) is 12.2.